The fourth-order valence-corrected chi connectivity index (χ4v) is 0.697. The van der Waals surface area contributed by atoms with Crippen molar-refractivity contribution in [3.05, 3.63) is 10.9 Å². The van der Waals surface area contributed by atoms with Gasteiger partial charge in [0.05, 0.1) is 6.61 Å². The van der Waals surface area contributed by atoms with E-state index >= 15 is 0 Å². The molecule has 0 bridgehead atoms. The minimum Gasteiger partial charge on any atom is -0.457 e. The zero-order valence-corrected chi connectivity index (χ0v) is 6.69. The third-order valence-corrected chi connectivity index (χ3v) is 1.27. The molecular formula is C6H10N2O4. The van der Waals surface area contributed by atoms with Crippen LogP contribution in [0.2, 0.25) is 0 Å². The number of nitrogens with zero attached hydrogens (tertiary/aromatic N) is 2. The molecule has 0 aliphatic carbocycles. The molecule has 0 radical (unpaired) electrons. The molecule has 0 unspecified atom stereocenters. The Balaban J connectivity index is 2.50. The Morgan fingerprint density at radius 3 is 3.00 bits per heavy atom. The number of aliphatic hydroxyl groups is 1. The molecule has 0 saturated heterocycles. The topological polar surface area (TPSA) is 82.4 Å². The van der Waals surface area contributed by atoms with Crippen LogP contribution in [-0.4, -0.2) is 23.5 Å². The van der Waals surface area contributed by atoms with Crippen LogP contribution in [-0.2, 0) is 0 Å². The lowest BCUT2D eigenvalue weighted by Gasteiger charge is -1.99. The number of aryl methyl sites for hydroxylation is 1. The van der Waals surface area contributed by atoms with E-state index in [0.717, 1.165) is 0 Å². The highest BCUT2D eigenvalue weighted by atomic mass is 16.8. The van der Waals surface area contributed by atoms with Gasteiger partial charge in [-0.1, -0.05) is 0 Å². The summed E-state index contributed by atoms with van der Waals surface area (Å²) < 4.78 is 9.23. The Labute approximate surface area is 68.9 Å². The van der Waals surface area contributed by atoms with Crippen LogP contribution in [0.1, 0.15) is 12.1 Å². The molecule has 1 heterocycles. The molecule has 1 N–H and O–H groups in total. The first-order valence-corrected chi connectivity index (χ1v) is 3.55. The fraction of sp³-hybridized carbons (Fsp3) is 0.667. The molecule has 0 atom stereocenters. The highest BCUT2D eigenvalue weighted by Gasteiger charge is 2.15. The predicted octanol–water partition coefficient (Wildman–Crippen LogP) is -0.622. The maximum Gasteiger partial charge on any atom is 0.375 e. The molecule has 6 heteroatoms. The Kier molecular flexibility index (Phi) is 2.87. The van der Waals surface area contributed by atoms with E-state index in [-0.39, 0.29) is 24.0 Å². The lowest BCUT2D eigenvalue weighted by molar-refractivity contribution is -0.805. The van der Waals surface area contributed by atoms with Gasteiger partial charge >= 0.3 is 5.88 Å². The molecule has 1 aromatic heterocycles. The molecule has 0 aliphatic heterocycles. The van der Waals surface area contributed by atoms with E-state index in [0.29, 0.717) is 12.1 Å². The Hall–Kier alpha value is -1.30. The zero-order valence-electron chi connectivity index (χ0n) is 6.69. The van der Waals surface area contributed by atoms with Gasteiger partial charge in [-0.05, 0) is 4.90 Å². The molecule has 0 saturated carbocycles. The first-order valence-electron chi connectivity index (χ1n) is 3.55. The minimum absolute atomic E-state index is 0.0309. The van der Waals surface area contributed by atoms with Gasteiger partial charge < -0.3 is 15.1 Å². The molecule has 1 aromatic rings. The Morgan fingerprint density at radius 1 is 1.75 bits per heavy atom. The van der Waals surface area contributed by atoms with Crippen molar-refractivity contribution in [3.8, 4) is 5.88 Å². The molecule has 6 nitrogen and oxygen atoms in total. The van der Waals surface area contributed by atoms with Crippen molar-refractivity contribution in [1.29, 1.82) is 0 Å². The highest BCUT2D eigenvalue weighted by molar-refractivity contribution is 5.06. The smallest absolute Gasteiger partial charge is 0.375 e. The largest absolute Gasteiger partial charge is 0.457 e. The molecule has 0 amide bonds. The van der Waals surface area contributed by atoms with Gasteiger partial charge in [-0.15, -0.1) is 0 Å². The van der Waals surface area contributed by atoms with Crippen molar-refractivity contribution in [3.63, 3.8) is 0 Å². The van der Waals surface area contributed by atoms with E-state index in [2.05, 4.69) is 9.79 Å². The van der Waals surface area contributed by atoms with Crippen LogP contribution in [0.4, 0.5) is 0 Å². The Bertz CT molecular complexity index is 228. The SMILES string of the molecule is Cc1no[n+]([O-])c1OCCCO. The standard InChI is InChI=1S/C6H10N2O4/c1-5-6(8(10)12-7-5)11-4-2-3-9/h9H,2-4H2,1H3. The van der Waals surface area contributed by atoms with E-state index in [9.17, 15) is 5.21 Å². The second-order valence-corrected chi connectivity index (χ2v) is 2.25. The lowest BCUT2D eigenvalue weighted by Crippen LogP contribution is -2.26. The monoisotopic (exact) mass is 174 g/mol. The summed E-state index contributed by atoms with van der Waals surface area (Å²) >= 11 is 0. The van der Waals surface area contributed by atoms with Crippen molar-refractivity contribution in [1.82, 2.24) is 5.16 Å². The minimum atomic E-state index is 0.0309. The van der Waals surface area contributed by atoms with Crippen LogP contribution in [0.25, 0.3) is 0 Å². The van der Waals surface area contributed by atoms with Gasteiger partial charge in [0.1, 0.15) is 0 Å². The van der Waals surface area contributed by atoms with Gasteiger partial charge in [-0.25, -0.2) is 0 Å². The average molecular weight is 174 g/mol. The average Bonchev–Trinajstić information content (AvgIpc) is 2.35. The van der Waals surface area contributed by atoms with Crippen molar-refractivity contribution >= 4 is 0 Å². The van der Waals surface area contributed by atoms with Crippen molar-refractivity contribution in [2.45, 2.75) is 13.3 Å². The fourth-order valence-electron chi connectivity index (χ4n) is 0.697. The van der Waals surface area contributed by atoms with E-state index < -0.39 is 0 Å². The van der Waals surface area contributed by atoms with Crippen LogP contribution < -0.4 is 9.64 Å². The summed E-state index contributed by atoms with van der Waals surface area (Å²) in [5.41, 5.74) is 0.405. The summed E-state index contributed by atoms with van der Waals surface area (Å²) in [6.45, 7) is 1.91. The second-order valence-electron chi connectivity index (χ2n) is 2.25. The first-order chi connectivity index (χ1) is 5.75. The summed E-state index contributed by atoms with van der Waals surface area (Å²) in [4.78, 5) is 0.201. The van der Waals surface area contributed by atoms with Crippen LogP contribution >= 0.6 is 0 Å². The third-order valence-electron chi connectivity index (χ3n) is 1.27. The molecule has 0 aliphatic rings. The molecule has 1 rings (SSSR count). The summed E-state index contributed by atoms with van der Waals surface area (Å²) in [5, 5.41) is 22.5. The maximum absolute atomic E-state index is 10.7. The first kappa shape index (κ1) is 8.79. The van der Waals surface area contributed by atoms with Crippen LogP contribution in [0.15, 0.2) is 4.63 Å². The summed E-state index contributed by atoms with van der Waals surface area (Å²) in [7, 11) is 0. The van der Waals surface area contributed by atoms with E-state index in [4.69, 9.17) is 9.84 Å². The number of aliphatic hydroxyl groups excluding tert-OH is 1. The van der Waals surface area contributed by atoms with E-state index in [1.807, 2.05) is 0 Å². The van der Waals surface area contributed by atoms with Gasteiger partial charge in [0, 0.05) is 25.1 Å². The van der Waals surface area contributed by atoms with Crippen LogP contribution in [0.5, 0.6) is 5.88 Å². The van der Waals surface area contributed by atoms with E-state index in [1.165, 1.54) is 0 Å². The van der Waals surface area contributed by atoms with Gasteiger partial charge in [-0.2, -0.15) is 0 Å². The van der Waals surface area contributed by atoms with Crippen LogP contribution in [0.3, 0.4) is 0 Å². The number of rotatable bonds is 4. The predicted molar refractivity (Wildman–Crippen MR) is 37.4 cm³/mol. The summed E-state index contributed by atoms with van der Waals surface area (Å²) in [6.07, 6.45) is 0.477. The van der Waals surface area contributed by atoms with Crippen molar-refractivity contribution in [2.24, 2.45) is 0 Å². The second kappa shape index (κ2) is 3.91. The normalized spacial score (nSPS) is 10.2. The number of hydrogen-bond donors (Lipinski definition) is 1. The highest BCUT2D eigenvalue weighted by Crippen LogP contribution is 2.07. The zero-order chi connectivity index (χ0) is 8.97. The number of aromatic nitrogens is 2. The lowest BCUT2D eigenvalue weighted by atomic mass is 10.5. The van der Waals surface area contributed by atoms with Crippen LogP contribution in [0, 0.1) is 12.1 Å². The van der Waals surface area contributed by atoms with E-state index in [1.54, 1.807) is 6.92 Å². The van der Waals surface area contributed by atoms with Gasteiger partial charge in [0.2, 0.25) is 0 Å². The summed E-state index contributed by atoms with van der Waals surface area (Å²) in [6, 6.07) is 0. The maximum atomic E-state index is 10.7. The quantitative estimate of drug-likeness (QED) is 0.485. The van der Waals surface area contributed by atoms with Crippen molar-refractivity contribution < 1.29 is 19.4 Å². The molecule has 0 fully saturated rings. The number of ether oxygens (including phenoxy) is 1. The Morgan fingerprint density at radius 2 is 2.50 bits per heavy atom. The van der Waals surface area contributed by atoms with Gasteiger partial charge in [-0.3, -0.25) is 4.63 Å². The van der Waals surface area contributed by atoms with Crippen molar-refractivity contribution in [2.75, 3.05) is 13.2 Å². The molecule has 12 heavy (non-hydrogen) atoms. The molecule has 0 aromatic carbocycles. The molecular weight excluding hydrogens is 164 g/mol. The van der Waals surface area contributed by atoms with Gasteiger partial charge in [0.25, 0.3) is 5.69 Å². The molecule has 68 valence electrons. The van der Waals surface area contributed by atoms with Gasteiger partial charge in [0.15, 0.2) is 0 Å². The third kappa shape index (κ3) is 1.85. The summed E-state index contributed by atoms with van der Waals surface area (Å²) in [5.74, 6) is 0.0588. The molecule has 0 spiro atoms. The number of hydrogen-bond acceptors (Lipinski definition) is 5.